The molecule has 72 valence electrons. The van der Waals surface area contributed by atoms with E-state index in [1.54, 1.807) is 0 Å². The van der Waals surface area contributed by atoms with Crippen molar-refractivity contribution in [2.24, 2.45) is 0 Å². The summed E-state index contributed by atoms with van der Waals surface area (Å²) in [5.74, 6) is 0. The van der Waals surface area contributed by atoms with Crippen molar-refractivity contribution in [2.45, 2.75) is 13.3 Å². The molecule has 1 aromatic carbocycles. The Kier molecular flexibility index (Phi) is 5.09. The average Bonchev–Trinajstić information content (AvgIpc) is 2.12. The van der Waals surface area contributed by atoms with Crippen LogP contribution in [0, 0.1) is 6.92 Å². The molecule has 1 nitrogen and oxygen atoms in total. The van der Waals surface area contributed by atoms with Crippen LogP contribution in [0.5, 0.6) is 0 Å². The normalized spacial score (nSPS) is 10.1. The number of aryl methyl sites for hydroxylation is 1. The minimum Gasteiger partial charge on any atom is -0.385 e. The number of benzene rings is 1. The highest BCUT2D eigenvalue weighted by Crippen LogP contribution is 2.19. The molecule has 0 radical (unpaired) electrons. The van der Waals surface area contributed by atoms with Crippen LogP contribution in [0.3, 0.4) is 0 Å². The van der Waals surface area contributed by atoms with E-state index in [0.29, 0.717) is 0 Å². The first kappa shape index (κ1) is 11.3. The highest BCUT2D eigenvalue weighted by atomic mass is 127. The van der Waals surface area contributed by atoms with Gasteiger partial charge in [0.25, 0.3) is 0 Å². The second kappa shape index (κ2) is 5.86. The highest BCUT2D eigenvalue weighted by Gasteiger charge is 1.95. The summed E-state index contributed by atoms with van der Waals surface area (Å²) in [5.41, 5.74) is 2.49. The van der Waals surface area contributed by atoms with Gasteiger partial charge in [-0.3, -0.25) is 0 Å². The lowest BCUT2D eigenvalue weighted by Crippen LogP contribution is -2.01. The quantitative estimate of drug-likeness (QED) is 0.490. The van der Waals surface area contributed by atoms with Gasteiger partial charge < -0.3 is 5.32 Å². The molecule has 0 atom stereocenters. The number of rotatable bonds is 4. The fourth-order valence-corrected chi connectivity index (χ4v) is 1.68. The van der Waals surface area contributed by atoms with Crippen molar-refractivity contribution in [3.8, 4) is 0 Å². The van der Waals surface area contributed by atoms with Gasteiger partial charge in [-0.15, -0.1) is 0 Å². The van der Waals surface area contributed by atoms with Crippen molar-refractivity contribution < 1.29 is 0 Å². The van der Waals surface area contributed by atoms with Gasteiger partial charge in [0.05, 0.1) is 0 Å². The van der Waals surface area contributed by atoms with Gasteiger partial charge in [0, 0.05) is 21.1 Å². The molecule has 0 unspecified atom stereocenters. The van der Waals surface area contributed by atoms with Crippen molar-refractivity contribution >= 4 is 44.2 Å². The summed E-state index contributed by atoms with van der Waals surface area (Å²) >= 11 is 5.88. The molecular weight excluding hydrogens is 341 g/mol. The van der Waals surface area contributed by atoms with Gasteiger partial charge >= 0.3 is 0 Å². The molecule has 0 spiro atoms. The second-order valence-electron chi connectivity index (χ2n) is 2.93. The van der Waals surface area contributed by atoms with Crippen molar-refractivity contribution in [3.05, 3.63) is 28.2 Å². The molecular formula is C10H13BrIN. The summed E-state index contributed by atoms with van der Waals surface area (Å²) in [7, 11) is 0. The van der Waals surface area contributed by atoms with Crippen molar-refractivity contribution in [1.29, 1.82) is 0 Å². The topological polar surface area (TPSA) is 12.0 Å². The maximum atomic E-state index is 3.48. The van der Waals surface area contributed by atoms with Gasteiger partial charge in [0.1, 0.15) is 0 Å². The van der Waals surface area contributed by atoms with E-state index in [4.69, 9.17) is 0 Å². The third kappa shape index (κ3) is 3.85. The minimum absolute atomic E-state index is 1.06. The lowest BCUT2D eigenvalue weighted by Gasteiger charge is -2.06. The maximum absolute atomic E-state index is 3.48. The Morgan fingerprint density at radius 3 is 2.85 bits per heavy atom. The molecule has 3 heteroatoms. The second-order valence-corrected chi connectivity index (χ2v) is 4.87. The molecule has 0 bridgehead atoms. The first-order valence-electron chi connectivity index (χ1n) is 4.30. The number of halogens is 2. The summed E-state index contributed by atoms with van der Waals surface area (Å²) in [6, 6.07) is 6.35. The molecule has 13 heavy (non-hydrogen) atoms. The van der Waals surface area contributed by atoms with E-state index in [1.165, 1.54) is 26.6 Å². The molecule has 0 aliphatic carbocycles. The lowest BCUT2D eigenvalue weighted by molar-refractivity contribution is 1.01. The number of hydrogen-bond donors (Lipinski definition) is 1. The molecule has 0 fully saturated rings. The SMILES string of the molecule is Cc1cc(NCCCI)ccc1Br. The molecule has 0 amide bonds. The summed E-state index contributed by atoms with van der Waals surface area (Å²) in [6.07, 6.45) is 1.22. The molecule has 0 saturated heterocycles. The molecule has 0 aliphatic heterocycles. The first-order valence-corrected chi connectivity index (χ1v) is 6.62. The van der Waals surface area contributed by atoms with Crippen LogP contribution in [0.4, 0.5) is 5.69 Å². The van der Waals surface area contributed by atoms with Crippen LogP contribution >= 0.6 is 38.5 Å². The summed E-state index contributed by atoms with van der Waals surface area (Å²) in [4.78, 5) is 0. The van der Waals surface area contributed by atoms with Crippen molar-refractivity contribution in [3.63, 3.8) is 0 Å². The van der Waals surface area contributed by atoms with E-state index in [0.717, 1.165) is 6.54 Å². The number of alkyl halides is 1. The number of nitrogens with one attached hydrogen (secondary N) is 1. The molecule has 0 heterocycles. The Hall–Kier alpha value is 0.230. The fourth-order valence-electron chi connectivity index (χ4n) is 1.05. The summed E-state index contributed by atoms with van der Waals surface area (Å²) in [5, 5.41) is 3.39. The van der Waals surface area contributed by atoms with Crippen LogP contribution in [0.15, 0.2) is 22.7 Å². The van der Waals surface area contributed by atoms with E-state index in [-0.39, 0.29) is 0 Å². The third-order valence-electron chi connectivity index (χ3n) is 1.80. The number of anilines is 1. The van der Waals surface area contributed by atoms with Crippen molar-refractivity contribution in [2.75, 3.05) is 16.3 Å². The Morgan fingerprint density at radius 2 is 2.23 bits per heavy atom. The predicted octanol–water partition coefficient (Wildman–Crippen LogP) is 3.99. The Balaban J connectivity index is 2.53. The van der Waals surface area contributed by atoms with Crippen LogP contribution < -0.4 is 5.32 Å². The third-order valence-corrected chi connectivity index (χ3v) is 3.45. The van der Waals surface area contributed by atoms with Crippen LogP contribution in [-0.4, -0.2) is 11.0 Å². The van der Waals surface area contributed by atoms with Gasteiger partial charge in [-0.1, -0.05) is 38.5 Å². The van der Waals surface area contributed by atoms with Crippen molar-refractivity contribution in [1.82, 2.24) is 0 Å². The first-order chi connectivity index (χ1) is 6.24. The Bertz CT molecular complexity index is 276. The van der Waals surface area contributed by atoms with Gasteiger partial charge in [0.15, 0.2) is 0 Å². The minimum atomic E-state index is 1.06. The summed E-state index contributed by atoms with van der Waals surface area (Å²) in [6.45, 7) is 3.16. The standard InChI is InChI=1S/C10H13BrIN/c1-8-7-9(3-4-10(8)11)13-6-2-5-12/h3-4,7,13H,2,5-6H2,1H3. The van der Waals surface area contributed by atoms with Gasteiger partial charge in [-0.25, -0.2) is 0 Å². The molecule has 1 rings (SSSR count). The molecule has 1 aromatic rings. The Morgan fingerprint density at radius 1 is 1.46 bits per heavy atom. The zero-order chi connectivity index (χ0) is 9.68. The fraction of sp³-hybridized carbons (Fsp3) is 0.400. The smallest absolute Gasteiger partial charge is 0.0343 e. The van der Waals surface area contributed by atoms with Crippen LogP contribution in [-0.2, 0) is 0 Å². The molecule has 1 N–H and O–H groups in total. The predicted molar refractivity (Wildman–Crippen MR) is 70.9 cm³/mol. The Labute approximate surface area is 102 Å². The maximum Gasteiger partial charge on any atom is 0.0343 e. The zero-order valence-electron chi connectivity index (χ0n) is 7.61. The van der Waals surface area contributed by atoms with Crippen LogP contribution in [0.2, 0.25) is 0 Å². The van der Waals surface area contributed by atoms with Crippen LogP contribution in [0.1, 0.15) is 12.0 Å². The number of hydrogen-bond acceptors (Lipinski definition) is 1. The van der Waals surface area contributed by atoms with E-state index in [2.05, 4.69) is 69.0 Å². The van der Waals surface area contributed by atoms with Gasteiger partial charge in [0.2, 0.25) is 0 Å². The average molecular weight is 354 g/mol. The largest absolute Gasteiger partial charge is 0.385 e. The highest BCUT2D eigenvalue weighted by molar-refractivity contribution is 14.1. The van der Waals surface area contributed by atoms with Crippen LogP contribution in [0.25, 0.3) is 0 Å². The van der Waals surface area contributed by atoms with Gasteiger partial charge in [-0.2, -0.15) is 0 Å². The van der Waals surface area contributed by atoms with E-state index in [1.807, 2.05) is 0 Å². The van der Waals surface area contributed by atoms with E-state index < -0.39 is 0 Å². The lowest BCUT2D eigenvalue weighted by atomic mass is 10.2. The van der Waals surface area contributed by atoms with E-state index >= 15 is 0 Å². The molecule has 0 aromatic heterocycles. The summed E-state index contributed by atoms with van der Waals surface area (Å²) < 4.78 is 2.38. The van der Waals surface area contributed by atoms with Gasteiger partial charge in [-0.05, 0) is 37.1 Å². The monoisotopic (exact) mass is 353 g/mol. The van der Waals surface area contributed by atoms with E-state index in [9.17, 15) is 0 Å². The molecule has 0 aliphatic rings. The zero-order valence-corrected chi connectivity index (χ0v) is 11.4. The molecule has 0 saturated carbocycles.